The Bertz CT molecular complexity index is 507. The Hall–Kier alpha value is -1.79. The summed E-state index contributed by atoms with van der Waals surface area (Å²) in [6.07, 6.45) is 1.97. The van der Waals surface area contributed by atoms with Crippen molar-refractivity contribution in [1.29, 1.82) is 0 Å². The summed E-state index contributed by atoms with van der Waals surface area (Å²) in [5.74, 6) is -0.0324. The first kappa shape index (κ1) is 20.3. The SMILES string of the molecule is COC(=O)C(CC1CCNCC1)NC(=O)OCc1ccccc1.Cl. The number of carbonyl (C=O) groups is 2. The van der Waals surface area contributed by atoms with Crippen molar-refractivity contribution >= 4 is 24.5 Å². The Morgan fingerprint density at radius 2 is 1.92 bits per heavy atom. The Morgan fingerprint density at radius 3 is 2.54 bits per heavy atom. The maximum absolute atomic E-state index is 11.9. The third-order valence-electron chi connectivity index (χ3n) is 4.02. The van der Waals surface area contributed by atoms with E-state index in [1.807, 2.05) is 30.3 Å². The fourth-order valence-electron chi connectivity index (χ4n) is 2.71. The van der Waals surface area contributed by atoms with Gasteiger partial charge in [-0.05, 0) is 43.8 Å². The molecule has 1 aliphatic rings. The second-order valence-electron chi connectivity index (χ2n) is 5.71. The Kier molecular flexibility index (Phi) is 9.19. The number of nitrogens with one attached hydrogen (secondary N) is 2. The number of rotatable bonds is 6. The number of esters is 1. The fraction of sp³-hybridized carbons (Fsp3) is 0.529. The lowest BCUT2D eigenvalue weighted by Crippen LogP contribution is -2.44. The van der Waals surface area contributed by atoms with Crippen LogP contribution in [0.25, 0.3) is 0 Å². The summed E-state index contributed by atoms with van der Waals surface area (Å²) >= 11 is 0. The van der Waals surface area contributed by atoms with Crippen LogP contribution in [0.1, 0.15) is 24.8 Å². The van der Waals surface area contributed by atoms with Crippen molar-refractivity contribution in [2.45, 2.75) is 31.9 Å². The molecule has 1 amide bonds. The third-order valence-corrected chi connectivity index (χ3v) is 4.02. The highest BCUT2D eigenvalue weighted by Crippen LogP contribution is 2.18. The standard InChI is InChI=1S/C17H24N2O4.ClH/c1-22-16(20)15(11-13-7-9-18-10-8-13)19-17(21)23-12-14-5-3-2-4-6-14;/h2-6,13,15,18H,7-12H2,1H3,(H,19,21);1H. The molecule has 6 nitrogen and oxygen atoms in total. The number of amides is 1. The van der Waals surface area contributed by atoms with Crippen molar-refractivity contribution in [2.24, 2.45) is 5.92 Å². The van der Waals surface area contributed by atoms with E-state index in [0.29, 0.717) is 12.3 Å². The largest absolute Gasteiger partial charge is 0.467 e. The lowest BCUT2D eigenvalue weighted by atomic mass is 9.91. The summed E-state index contributed by atoms with van der Waals surface area (Å²) in [6, 6.07) is 8.75. The lowest BCUT2D eigenvalue weighted by Gasteiger charge is -2.26. The second-order valence-corrected chi connectivity index (χ2v) is 5.71. The van der Waals surface area contributed by atoms with E-state index in [4.69, 9.17) is 9.47 Å². The molecular formula is C17H25ClN2O4. The molecule has 1 atom stereocenters. The molecule has 1 saturated heterocycles. The van der Waals surface area contributed by atoms with E-state index in [-0.39, 0.29) is 19.0 Å². The molecule has 0 aromatic heterocycles. The van der Waals surface area contributed by atoms with Crippen LogP contribution in [0.2, 0.25) is 0 Å². The lowest BCUT2D eigenvalue weighted by molar-refractivity contribution is -0.143. The maximum Gasteiger partial charge on any atom is 0.408 e. The van der Waals surface area contributed by atoms with Crippen LogP contribution in [0, 0.1) is 5.92 Å². The van der Waals surface area contributed by atoms with Gasteiger partial charge in [0.25, 0.3) is 0 Å². The second kappa shape index (κ2) is 10.9. The average Bonchev–Trinajstić information content (AvgIpc) is 2.60. The van der Waals surface area contributed by atoms with Gasteiger partial charge in [0.1, 0.15) is 12.6 Å². The normalized spacial score (nSPS) is 15.7. The molecule has 24 heavy (non-hydrogen) atoms. The molecule has 1 aromatic carbocycles. The summed E-state index contributed by atoms with van der Waals surface area (Å²) in [4.78, 5) is 23.8. The fourth-order valence-corrected chi connectivity index (χ4v) is 2.71. The first-order valence-corrected chi connectivity index (χ1v) is 7.95. The topological polar surface area (TPSA) is 76.7 Å². The summed E-state index contributed by atoms with van der Waals surface area (Å²) in [6.45, 7) is 2.06. The van der Waals surface area contributed by atoms with Crippen molar-refractivity contribution in [1.82, 2.24) is 10.6 Å². The van der Waals surface area contributed by atoms with Gasteiger partial charge in [-0.1, -0.05) is 30.3 Å². The Morgan fingerprint density at radius 1 is 1.25 bits per heavy atom. The van der Waals surface area contributed by atoms with Gasteiger partial charge in [-0.15, -0.1) is 12.4 Å². The predicted octanol–water partition coefficient (Wildman–Crippen LogP) is 2.27. The van der Waals surface area contributed by atoms with E-state index >= 15 is 0 Å². The zero-order valence-corrected chi connectivity index (χ0v) is 14.6. The number of hydrogen-bond donors (Lipinski definition) is 2. The number of benzene rings is 1. The van der Waals surface area contributed by atoms with Gasteiger partial charge in [0.2, 0.25) is 0 Å². The molecular weight excluding hydrogens is 332 g/mol. The zero-order chi connectivity index (χ0) is 16.5. The highest BCUT2D eigenvalue weighted by atomic mass is 35.5. The molecule has 1 unspecified atom stereocenters. The van der Waals surface area contributed by atoms with Crippen molar-refractivity contribution in [3.05, 3.63) is 35.9 Å². The molecule has 2 N–H and O–H groups in total. The van der Waals surface area contributed by atoms with Crippen LogP contribution >= 0.6 is 12.4 Å². The first-order chi connectivity index (χ1) is 11.2. The van der Waals surface area contributed by atoms with Gasteiger partial charge in [0.05, 0.1) is 7.11 Å². The minimum Gasteiger partial charge on any atom is -0.467 e. The predicted molar refractivity (Wildman–Crippen MR) is 93.0 cm³/mol. The molecule has 0 aliphatic carbocycles. The monoisotopic (exact) mass is 356 g/mol. The smallest absolute Gasteiger partial charge is 0.408 e. The van der Waals surface area contributed by atoms with Gasteiger partial charge >= 0.3 is 12.1 Å². The summed E-state index contributed by atoms with van der Waals surface area (Å²) in [7, 11) is 1.33. The van der Waals surface area contributed by atoms with Crippen LogP contribution in [0.4, 0.5) is 4.79 Å². The minimum atomic E-state index is -0.661. The quantitative estimate of drug-likeness (QED) is 0.765. The van der Waals surface area contributed by atoms with Gasteiger partial charge in [-0.25, -0.2) is 9.59 Å². The Labute approximate surface area is 148 Å². The average molecular weight is 357 g/mol. The van der Waals surface area contributed by atoms with E-state index in [2.05, 4.69) is 10.6 Å². The van der Waals surface area contributed by atoms with Gasteiger partial charge in [0, 0.05) is 0 Å². The zero-order valence-electron chi connectivity index (χ0n) is 13.8. The molecule has 0 spiro atoms. The van der Waals surface area contributed by atoms with Crippen LogP contribution in [0.15, 0.2) is 30.3 Å². The van der Waals surface area contributed by atoms with Crippen molar-refractivity contribution in [3.8, 4) is 0 Å². The van der Waals surface area contributed by atoms with Crippen LogP contribution in [-0.4, -0.2) is 38.3 Å². The number of methoxy groups -OCH3 is 1. The van der Waals surface area contributed by atoms with Gasteiger partial charge in [-0.2, -0.15) is 0 Å². The first-order valence-electron chi connectivity index (χ1n) is 7.95. The molecule has 7 heteroatoms. The summed E-state index contributed by atoms with van der Waals surface area (Å²) in [5, 5.41) is 5.91. The Balaban J connectivity index is 0.00000288. The highest BCUT2D eigenvalue weighted by Gasteiger charge is 2.26. The van der Waals surface area contributed by atoms with Crippen molar-refractivity contribution < 1.29 is 19.1 Å². The summed E-state index contributed by atoms with van der Waals surface area (Å²) in [5.41, 5.74) is 0.899. The van der Waals surface area contributed by atoms with E-state index in [9.17, 15) is 9.59 Å². The van der Waals surface area contributed by atoms with Crippen molar-refractivity contribution in [3.63, 3.8) is 0 Å². The molecule has 0 saturated carbocycles. The summed E-state index contributed by atoms with van der Waals surface area (Å²) < 4.78 is 9.96. The number of hydrogen-bond acceptors (Lipinski definition) is 5. The number of halogens is 1. The number of alkyl carbamates (subject to hydrolysis) is 1. The van der Waals surface area contributed by atoms with Gasteiger partial charge in [-0.3, -0.25) is 0 Å². The highest BCUT2D eigenvalue weighted by molar-refractivity contribution is 5.85. The van der Waals surface area contributed by atoms with E-state index in [1.165, 1.54) is 7.11 Å². The van der Waals surface area contributed by atoms with Crippen LogP contribution in [-0.2, 0) is 20.9 Å². The molecule has 1 aromatic rings. The number of ether oxygens (including phenoxy) is 2. The molecule has 2 rings (SSSR count). The molecule has 0 bridgehead atoms. The molecule has 1 heterocycles. The number of piperidine rings is 1. The van der Waals surface area contributed by atoms with E-state index in [0.717, 1.165) is 31.5 Å². The third kappa shape index (κ3) is 6.76. The molecule has 1 aliphatic heterocycles. The van der Waals surface area contributed by atoms with Crippen molar-refractivity contribution in [2.75, 3.05) is 20.2 Å². The molecule has 134 valence electrons. The van der Waals surface area contributed by atoms with E-state index in [1.54, 1.807) is 0 Å². The van der Waals surface area contributed by atoms with Crippen LogP contribution < -0.4 is 10.6 Å². The van der Waals surface area contributed by atoms with Gasteiger partial charge < -0.3 is 20.1 Å². The maximum atomic E-state index is 11.9. The van der Waals surface area contributed by atoms with Crippen LogP contribution in [0.5, 0.6) is 0 Å². The van der Waals surface area contributed by atoms with E-state index < -0.39 is 18.1 Å². The van der Waals surface area contributed by atoms with Gasteiger partial charge in [0.15, 0.2) is 0 Å². The molecule has 1 fully saturated rings. The van der Waals surface area contributed by atoms with Crippen LogP contribution in [0.3, 0.4) is 0 Å². The molecule has 0 radical (unpaired) electrons. The number of carbonyl (C=O) groups excluding carboxylic acids is 2. The minimum absolute atomic E-state index is 0.